The van der Waals surface area contributed by atoms with Gasteiger partial charge < -0.3 is 24.6 Å². The molecule has 1 spiro atoms. The second kappa shape index (κ2) is 8.13. The zero-order chi connectivity index (χ0) is 21.3. The fourth-order valence-electron chi connectivity index (χ4n) is 4.66. The van der Waals surface area contributed by atoms with Crippen molar-refractivity contribution in [2.75, 3.05) is 20.7 Å². The third kappa shape index (κ3) is 3.57. The van der Waals surface area contributed by atoms with E-state index in [0.29, 0.717) is 12.0 Å². The Labute approximate surface area is 176 Å². The predicted octanol–water partition coefficient (Wildman–Crippen LogP) is 3.24. The van der Waals surface area contributed by atoms with Gasteiger partial charge in [-0.05, 0) is 43.8 Å². The van der Waals surface area contributed by atoms with E-state index >= 15 is 0 Å². The van der Waals surface area contributed by atoms with Crippen molar-refractivity contribution in [2.45, 2.75) is 37.0 Å². The van der Waals surface area contributed by atoms with E-state index in [1.54, 1.807) is 37.4 Å². The van der Waals surface area contributed by atoms with E-state index in [-0.39, 0.29) is 11.5 Å². The molecule has 3 unspecified atom stereocenters. The maximum atomic E-state index is 10.2. The molecule has 2 heterocycles. The van der Waals surface area contributed by atoms with Gasteiger partial charge in [0.25, 0.3) is 0 Å². The number of ether oxygens (including phenoxy) is 2. The first-order chi connectivity index (χ1) is 14.4. The van der Waals surface area contributed by atoms with Crippen molar-refractivity contribution >= 4 is 5.97 Å². The molecule has 0 saturated carbocycles. The van der Waals surface area contributed by atoms with Crippen molar-refractivity contribution in [2.24, 2.45) is 0 Å². The third-order valence-electron chi connectivity index (χ3n) is 6.17. The topological polar surface area (TPSA) is 79.2 Å². The molecular weight excluding hydrogens is 382 g/mol. The van der Waals surface area contributed by atoms with Crippen LogP contribution in [0, 0.1) is 0 Å². The number of rotatable bonds is 2. The highest BCUT2D eigenvalue weighted by Crippen LogP contribution is 2.55. The van der Waals surface area contributed by atoms with Crippen LogP contribution in [0.3, 0.4) is 0 Å². The largest absolute Gasteiger partial charge is 0.493 e. The number of benzene rings is 2. The number of aliphatic hydroxyl groups is 1. The normalized spacial score (nSPS) is 26.4. The van der Waals surface area contributed by atoms with Crippen LogP contribution in [0.15, 0.2) is 54.6 Å². The van der Waals surface area contributed by atoms with Gasteiger partial charge in [-0.25, -0.2) is 4.79 Å². The smallest absolute Gasteiger partial charge is 0.335 e. The van der Waals surface area contributed by atoms with Gasteiger partial charge in [0.1, 0.15) is 6.10 Å². The molecule has 0 aromatic heterocycles. The third-order valence-corrected chi connectivity index (χ3v) is 6.17. The first-order valence-electron chi connectivity index (χ1n) is 10.2. The number of aromatic carboxylic acids is 1. The fraction of sp³-hybridized carbons (Fsp3) is 0.375. The molecule has 6 heteroatoms. The molecule has 2 aliphatic heterocycles. The van der Waals surface area contributed by atoms with Crippen molar-refractivity contribution in [1.82, 2.24) is 4.90 Å². The van der Waals surface area contributed by atoms with E-state index in [4.69, 9.17) is 14.6 Å². The Bertz CT molecular complexity index is 958. The minimum absolute atomic E-state index is 0.00838. The summed E-state index contributed by atoms with van der Waals surface area (Å²) in [6, 6.07) is 12.5. The Morgan fingerprint density at radius 1 is 1.23 bits per heavy atom. The standard InChI is InChI=1S/C17H21NO3.C7H6O2/c1-18-8-7-17-6-5-12(19)9-14(17)21-16-13(20-2)4-3-11(10-18)15(16)17;8-7(9)6-4-2-1-3-5-6/h3-6,12,14,19H,7-10H2,1-2H3;1-5H,(H,8,9). The minimum atomic E-state index is -0.879. The van der Waals surface area contributed by atoms with E-state index < -0.39 is 12.1 Å². The first-order valence-corrected chi connectivity index (χ1v) is 10.2. The molecule has 3 aliphatic rings. The highest BCUT2D eigenvalue weighted by Gasteiger charge is 2.52. The van der Waals surface area contributed by atoms with Crippen LogP contribution in [0.25, 0.3) is 0 Å². The summed E-state index contributed by atoms with van der Waals surface area (Å²) in [7, 11) is 3.84. The van der Waals surface area contributed by atoms with Crippen LogP contribution in [0.5, 0.6) is 11.5 Å². The summed E-state index contributed by atoms with van der Waals surface area (Å²) < 4.78 is 11.8. The van der Waals surface area contributed by atoms with E-state index in [0.717, 1.165) is 31.0 Å². The Hall–Kier alpha value is -2.83. The molecule has 0 bridgehead atoms. The highest BCUT2D eigenvalue weighted by atomic mass is 16.5. The van der Waals surface area contributed by atoms with Gasteiger partial charge in [0.2, 0.25) is 0 Å². The van der Waals surface area contributed by atoms with Gasteiger partial charge in [-0.1, -0.05) is 36.4 Å². The molecule has 158 valence electrons. The van der Waals surface area contributed by atoms with Crippen LogP contribution >= 0.6 is 0 Å². The van der Waals surface area contributed by atoms with Crippen molar-refractivity contribution in [1.29, 1.82) is 0 Å². The minimum Gasteiger partial charge on any atom is -0.493 e. The summed E-state index contributed by atoms with van der Waals surface area (Å²) in [5, 5.41) is 18.4. The van der Waals surface area contributed by atoms with Crippen LogP contribution in [-0.2, 0) is 12.0 Å². The Balaban J connectivity index is 0.000000204. The van der Waals surface area contributed by atoms with Crippen molar-refractivity contribution in [3.8, 4) is 11.5 Å². The summed E-state index contributed by atoms with van der Waals surface area (Å²) in [5.74, 6) is 0.805. The molecule has 2 N–H and O–H groups in total. The van der Waals surface area contributed by atoms with Crippen LogP contribution in [0.2, 0.25) is 0 Å². The average molecular weight is 409 g/mol. The lowest BCUT2D eigenvalue weighted by molar-refractivity contribution is 0.0696. The summed E-state index contributed by atoms with van der Waals surface area (Å²) in [5.41, 5.74) is 2.81. The van der Waals surface area contributed by atoms with Gasteiger partial charge >= 0.3 is 5.97 Å². The Morgan fingerprint density at radius 3 is 2.67 bits per heavy atom. The molecule has 2 aromatic rings. The molecule has 6 nitrogen and oxygen atoms in total. The maximum Gasteiger partial charge on any atom is 0.335 e. The first kappa shape index (κ1) is 20.4. The van der Waals surface area contributed by atoms with Crippen LogP contribution in [-0.4, -0.2) is 54.0 Å². The number of hydrogen-bond acceptors (Lipinski definition) is 5. The molecule has 1 aliphatic carbocycles. The number of carboxylic acids is 1. The Morgan fingerprint density at radius 2 is 2.00 bits per heavy atom. The number of carboxylic acid groups (broad SMARTS) is 1. The van der Waals surface area contributed by atoms with Crippen molar-refractivity contribution < 1.29 is 24.5 Å². The van der Waals surface area contributed by atoms with E-state index in [2.05, 4.69) is 24.1 Å². The molecule has 0 saturated heterocycles. The molecule has 30 heavy (non-hydrogen) atoms. The molecule has 2 aromatic carbocycles. The molecule has 5 rings (SSSR count). The quantitative estimate of drug-likeness (QED) is 0.742. The van der Waals surface area contributed by atoms with Crippen LogP contribution in [0.4, 0.5) is 0 Å². The summed E-state index contributed by atoms with van der Waals surface area (Å²) >= 11 is 0. The summed E-state index contributed by atoms with van der Waals surface area (Å²) in [4.78, 5) is 12.6. The number of carbonyl (C=O) groups is 1. The van der Waals surface area contributed by atoms with Gasteiger partial charge in [-0.3, -0.25) is 0 Å². The van der Waals surface area contributed by atoms with Gasteiger partial charge in [-0.2, -0.15) is 0 Å². The van der Waals surface area contributed by atoms with Gasteiger partial charge in [0, 0.05) is 18.5 Å². The van der Waals surface area contributed by atoms with Crippen LogP contribution < -0.4 is 9.47 Å². The lowest BCUT2D eigenvalue weighted by atomic mass is 9.69. The SMILES string of the molecule is COc1ccc2c3c1OC1CC(O)C=CC31CCN(C)C2.O=C(O)c1ccccc1. The Kier molecular flexibility index (Phi) is 5.54. The molecule has 0 fully saturated rings. The maximum absolute atomic E-state index is 10.2. The number of hydrogen-bond donors (Lipinski definition) is 2. The number of methoxy groups -OCH3 is 1. The second-order valence-electron chi connectivity index (χ2n) is 8.10. The number of nitrogens with zero attached hydrogens (tertiary/aromatic N) is 1. The second-order valence-corrected chi connectivity index (χ2v) is 8.10. The van der Waals surface area contributed by atoms with E-state index in [9.17, 15) is 9.90 Å². The average Bonchev–Trinajstić information content (AvgIpc) is 3.00. The fourth-order valence-corrected chi connectivity index (χ4v) is 4.66. The van der Waals surface area contributed by atoms with Crippen molar-refractivity contribution in [3.05, 3.63) is 71.3 Å². The van der Waals surface area contributed by atoms with Gasteiger partial charge in [0.15, 0.2) is 11.5 Å². The summed E-state index contributed by atoms with van der Waals surface area (Å²) in [6.07, 6.45) is 5.38. The summed E-state index contributed by atoms with van der Waals surface area (Å²) in [6.45, 7) is 1.96. The van der Waals surface area contributed by atoms with E-state index in [1.165, 1.54) is 11.1 Å². The number of aliphatic hydroxyl groups excluding tert-OH is 1. The zero-order valence-electron chi connectivity index (χ0n) is 17.2. The van der Waals surface area contributed by atoms with Gasteiger partial charge in [-0.15, -0.1) is 0 Å². The lowest BCUT2D eigenvalue weighted by Crippen LogP contribution is -2.42. The zero-order valence-corrected chi connectivity index (χ0v) is 17.2. The molecule has 3 atom stereocenters. The predicted molar refractivity (Wildman–Crippen MR) is 113 cm³/mol. The van der Waals surface area contributed by atoms with Gasteiger partial charge in [0.05, 0.1) is 24.2 Å². The highest BCUT2D eigenvalue weighted by molar-refractivity contribution is 5.87. The monoisotopic (exact) mass is 409 g/mol. The molecule has 0 radical (unpaired) electrons. The van der Waals surface area contributed by atoms with Crippen LogP contribution in [0.1, 0.15) is 34.3 Å². The molecular formula is C24H27NO5. The van der Waals surface area contributed by atoms with E-state index in [1.807, 2.05) is 12.1 Å². The molecule has 0 amide bonds. The lowest BCUT2D eigenvalue weighted by Gasteiger charge is -2.35. The van der Waals surface area contributed by atoms with Crippen molar-refractivity contribution in [3.63, 3.8) is 0 Å².